The van der Waals surface area contributed by atoms with Crippen LogP contribution < -0.4 is 5.73 Å². The highest BCUT2D eigenvalue weighted by Gasteiger charge is 2.14. The van der Waals surface area contributed by atoms with Gasteiger partial charge in [0.05, 0.1) is 10.0 Å². The molecule has 2 N–H and O–H groups in total. The predicted molar refractivity (Wildman–Crippen MR) is 90.1 cm³/mol. The first-order valence-electron chi connectivity index (χ1n) is 6.30. The molecule has 4 heteroatoms. The van der Waals surface area contributed by atoms with Crippen LogP contribution in [0.5, 0.6) is 0 Å². The number of hydrogen-bond donors (Lipinski definition) is 1. The number of halogens is 2. The van der Waals surface area contributed by atoms with Crippen molar-refractivity contribution in [3.8, 4) is 0 Å². The fraction of sp³-hybridized carbons (Fsp3) is 0.250. The molecule has 0 aliphatic heterocycles. The maximum absolute atomic E-state index is 6.20. The fourth-order valence-electron chi connectivity index (χ4n) is 1.82. The molecule has 2 rings (SSSR count). The van der Waals surface area contributed by atoms with Gasteiger partial charge >= 0.3 is 0 Å². The van der Waals surface area contributed by atoms with Crippen molar-refractivity contribution in [3.05, 3.63) is 52.0 Å². The molecule has 0 unspecified atom stereocenters. The Balaban J connectivity index is 2.27. The third kappa shape index (κ3) is 3.63. The molecule has 0 saturated carbocycles. The average molecular weight is 326 g/mol. The molecule has 0 radical (unpaired) electrons. The van der Waals surface area contributed by atoms with Gasteiger partial charge in [-0.25, -0.2) is 0 Å². The molecule has 0 amide bonds. The van der Waals surface area contributed by atoms with E-state index in [1.54, 1.807) is 23.9 Å². The molecule has 2 aromatic rings. The van der Waals surface area contributed by atoms with Crippen molar-refractivity contribution in [3.63, 3.8) is 0 Å². The largest absolute Gasteiger partial charge is 0.399 e. The number of rotatable bonds is 2. The van der Waals surface area contributed by atoms with Gasteiger partial charge in [0, 0.05) is 15.5 Å². The summed E-state index contributed by atoms with van der Waals surface area (Å²) in [7, 11) is 0. The molecular weight excluding hydrogens is 309 g/mol. The predicted octanol–water partition coefficient (Wildman–Crippen LogP) is 6.02. The van der Waals surface area contributed by atoms with Crippen molar-refractivity contribution >= 4 is 40.7 Å². The van der Waals surface area contributed by atoms with Crippen molar-refractivity contribution in [2.45, 2.75) is 36.0 Å². The minimum absolute atomic E-state index is 0.152. The number of anilines is 1. The SMILES string of the molecule is CC(C)(C)c1ccc(Sc2c(Cl)cc(N)cc2Cl)cc1. The minimum atomic E-state index is 0.152. The van der Waals surface area contributed by atoms with Crippen molar-refractivity contribution in [2.24, 2.45) is 0 Å². The molecule has 0 heterocycles. The van der Waals surface area contributed by atoms with Gasteiger partial charge in [-0.2, -0.15) is 0 Å². The molecule has 0 aromatic heterocycles. The zero-order valence-corrected chi connectivity index (χ0v) is 14.0. The van der Waals surface area contributed by atoms with Crippen LogP contribution in [-0.4, -0.2) is 0 Å². The molecule has 0 aliphatic carbocycles. The van der Waals surface area contributed by atoms with Crippen LogP contribution in [-0.2, 0) is 5.41 Å². The lowest BCUT2D eigenvalue weighted by molar-refractivity contribution is 0.590. The summed E-state index contributed by atoms with van der Waals surface area (Å²) in [4.78, 5) is 1.94. The van der Waals surface area contributed by atoms with E-state index >= 15 is 0 Å². The Morgan fingerprint density at radius 3 is 1.90 bits per heavy atom. The van der Waals surface area contributed by atoms with Crippen molar-refractivity contribution < 1.29 is 0 Å². The van der Waals surface area contributed by atoms with Gasteiger partial charge in [-0.3, -0.25) is 0 Å². The first-order chi connectivity index (χ1) is 9.27. The molecule has 2 aromatic carbocycles. The molecule has 0 atom stereocenters. The van der Waals surface area contributed by atoms with Gasteiger partial charge in [-0.15, -0.1) is 0 Å². The lowest BCUT2D eigenvalue weighted by Gasteiger charge is -2.19. The second kappa shape index (κ2) is 5.88. The van der Waals surface area contributed by atoms with Crippen LogP contribution in [0.3, 0.4) is 0 Å². The molecule has 106 valence electrons. The van der Waals surface area contributed by atoms with Gasteiger partial charge in [0.25, 0.3) is 0 Å². The first-order valence-corrected chi connectivity index (χ1v) is 7.87. The van der Waals surface area contributed by atoms with E-state index in [-0.39, 0.29) is 5.41 Å². The average Bonchev–Trinajstić information content (AvgIpc) is 2.33. The second-order valence-corrected chi connectivity index (χ2v) is 7.59. The monoisotopic (exact) mass is 325 g/mol. The topological polar surface area (TPSA) is 26.0 Å². The molecule has 0 fully saturated rings. The van der Waals surface area contributed by atoms with Crippen LogP contribution in [0, 0.1) is 0 Å². The molecule has 1 nitrogen and oxygen atoms in total. The highest BCUT2D eigenvalue weighted by atomic mass is 35.5. The quantitative estimate of drug-likeness (QED) is 0.682. The van der Waals surface area contributed by atoms with Crippen LogP contribution in [0.25, 0.3) is 0 Å². The Morgan fingerprint density at radius 1 is 0.950 bits per heavy atom. The van der Waals surface area contributed by atoms with E-state index in [0.29, 0.717) is 15.7 Å². The number of nitrogen functional groups attached to an aromatic ring is 1. The summed E-state index contributed by atoms with van der Waals surface area (Å²) >= 11 is 14.0. The smallest absolute Gasteiger partial charge is 0.0581 e. The van der Waals surface area contributed by atoms with E-state index in [9.17, 15) is 0 Å². The number of hydrogen-bond acceptors (Lipinski definition) is 2. The van der Waals surface area contributed by atoms with Gasteiger partial charge in [-0.1, -0.05) is 67.9 Å². The highest BCUT2D eigenvalue weighted by Crippen LogP contribution is 2.40. The van der Waals surface area contributed by atoms with E-state index in [1.165, 1.54) is 5.56 Å². The Morgan fingerprint density at radius 2 is 1.45 bits per heavy atom. The number of benzene rings is 2. The van der Waals surface area contributed by atoms with Crippen molar-refractivity contribution in [1.82, 2.24) is 0 Å². The van der Waals surface area contributed by atoms with Crippen LogP contribution in [0.1, 0.15) is 26.3 Å². The van der Waals surface area contributed by atoms with Crippen LogP contribution in [0.15, 0.2) is 46.2 Å². The van der Waals surface area contributed by atoms with E-state index in [2.05, 4.69) is 45.0 Å². The number of nitrogens with two attached hydrogens (primary N) is 1. The lowest BCUT2D eigenvalue weighted by Crippen LogP contribution is -2.10. The van der Waals surface area contributed by atoms with Crippen LogP contribution in [0.2, 0.25) is 10.0 Å². The minimum Gasteiger partial charge on any atom is -0.399 e. The Hall–Kier alpha value is -0.830. The summed E-state index contributed by atoms with van der Waals surface area (Å²) in [6.45, 7) is 6.59. The van der Waals surface area contributed by atoms with Crippen LogP contribution >= 0.6 is 35.0 Å². The van der Waals surface area contributed by atoms with Gasteiger partial charge in [0.1, 0.15) is 0 Å². The maximum atomic E-state index is 6.20. The molecule has 20 heavy (non-hydrogen) atoms. The highest BCUT2D eigenvalue weighted by molar-refractivity contribution is 7.99. The third-order valence-corrected chi connectivity index (χ3v) is 4.93. The molecule has 0 spiro atoms. The van der Waals surface area contributed by atoms with Crippen molar-refractivity contribution in [1.29, 1.82) is 0 Å². The lowest BCUT2D eigenvalue weighted by atomic mass is 9.87. The molecule has 0 aliphatic rings. The second-order valence-electron chi connectivity index (χ2n) is 5.69. The summed E-state index contributed by atoms with van der Waals surface area (Å²) in [5, 5.41) is 1.17. The summed E-state index contributed by atoms with van der Waals surface area (Å²) < 4.78 is 0. The third-order valence-electron chi connectivity index (χ3n) is 2.96. The van der Waals surface area contributed by atoms with E-state index in [1.807, 2.05) is 0 Å². The van der Waals surface area contributed by atoms with E-state index < -0.39 is 0 Å². The first kappa shape index (κ1) is 15.6. The van der Waals surface area contributed by atoms with Gasteiger partial charge < -0.3 is 5.73 Å². The fourth-order valence-corrected chi connectivity index (χ4v) is 3.37. The van der Waals surface area contributed by atoms with E-state index in [4.69, 9.17) is 28.9 Å². The van der Waals surface area contributed by atoms with Gasteiger partial charge in [0.15, 0.2) is 0 Å². The normalized spacial score (nSPS) is 11.7. The zero-order chi connectivity index (χ0) is 14.9. The Labute approximate surface area is 134 Å². The Bertz CT molecular complexity index is 592. The van der Waals surface area contributed by atoms with Crippen molar-refractivity contribution in [2.75, 3.05) is 5.73 Å². The van der Waals surface area contributed by atoms with Gasteiger partial charge in [-0.05, 0) is 35.2 Å². The summed E-state index contributed by atoms with van der Waals surface area (Å²) in [6.07, 6.45) is 0. The molecular formula is C16H17Cl2NS. The molecule has 0 saturated heterocycles. The Kier molecular flexibility index (Phi) is 4.58. The molecule has 0 bridgehead atoms. The standard InChI is InChI=1S/C16H17Cl2NS/c1-16(2,3)10-4-6-12(7-5-10)20-15-13(17)8-11(19)9-14(15)18/h4-9H,19H2,1-3H3. The summed E-state index contributed by atoms with van der Waals surface area (Å²) in [5.41, 5.74) is 7.74. The van der Waals surface area contributed by atoms with E-state index in [0.717, 1.165) is 9.79 Å². The van der Waals surface area contributed by atoms with Gasteiger partial charge in [0.2, 0.25) is 0 Å². The maximum Gasteiger partial charge on any atom is 0.0581 e. The summed E-state index contributed by atoms with van der Waals surface area (Å²) in [5.74, 6) is 0. The zero-order valence-electron chi connectivity index (χ0n) is 11.7. The summed E-state index contributed by atoms with van der Waals surface area (Å²) in [6, 6.07) is 11.9. The van der Waals surface area contributed by atoms with Crippen LogP contribution in [0.4, 0.5) is 5.69 Å².